The molecule has 0 atom stereocenters. The van der Waals surface area contributed by atoms with Crippen LogP contribution in [-0.2, 0) is 13.0 Å². The molecule has 0 aliphatic carbocycles. The van der Waals surface area contributed by atoms with Gasteiger partial charge in [-0.2, -0.15) is 0 Å². The van der Waals surface area contributed by atoms with Crippen LogP contribution in [0.4, 0.5) is 0 Å². The van der Waals surface area contributed by atoms with Gasteiger partial charge in [0.15, 0.2) is 5.96 Å². The van der Waals surface area contributed by atoms with Crippen LogP contribution in [0.15, 0.2) is 34.6 Å². The molecular weight excluding hydrogens is 431 g/mol. The Morgan fingerprint density at radius 3 is 2.62 bits per heavy atom. The van der Waals surface area contributed by atoms with Gasteiger partial charge in [-0.1, -0.05) is 24.3 Å². The molecule has 132 valence electrons. The molecule has 6 heteroatoms. The minimum absolute atomic E-state index is 0. The van der Waals surface area contributed by atoms with Gasteiger partial charge in [0.05, 0.1) is 5.01 Å². The van der Waals surface area contributed by atoms with Crippen molar-refractivity contribution in [1.29, 1.82) is 0 Å². The summed E-state index contributed by atoms with van der Waals surface area (Å²) in [5, 5.41) is 10.1. The molecule has 0 bridgehead atoms. The summed E-state index contributed by atoms with van der Waals surface area (Å²) in [5.74, 6) is 0.860. The molecule has 0 saturated heterocycles. The van der Waals surface area contributed by atoms with Crippen LogP contribution < -0.4 is 10.6 Å². The number of rotatable bonds is 7. The van der Waals surface area contributed by atoms with E-state index in [0.29, 0.717) is 0 Å². The first-order valence-electron chi connectivity index (χ1n) is 8.09. The first kappa shape index (κ1) is 20.9. The zero-order valence-electron chi connectivity index (χ0n) is 14.6. The summed E-state index contributed by atoms with van der Waals surface area (Å²) in [7, 11) is 1.81. The van der Waals surface area contributed by atoms with Crippen molar-refractivity contribution < 1.29 is 0 Å². The molecule has 0 fully saturated rings. The Hall–Kier alpha value is -1.15. The Labute approximate surface area is 166 Å². The second-order valence-electron chi connectivity index (χ2n) is 5.62. The van der Waals surface area contributed by atoms with Crippen molar-refractivity contribution in [2.45, 2.75) is 39.7 Å². The first-order chi connectivity index (χ1) is 11.2. The normalized spacial score (nSPS) is 11.0. The fraction of sp³-hybridized carbons (Fsp3) is 0.444. The lowest BCUT2D eigenvalue weighted by molar-refractivity contribution is 0.691. The Bertz CT molecular complexity index is 639. The van der Waals surface area contributed by atoms with E-state index >= 15 is 0 Å². The van der Waals surface area contributed by atoms with E-state index in [1.54, 1.807) is 11.3 Å². The van der Waals surface area contributed by atoms with Crippen molar-refractivity contribution in [3.8, 4) is 0 Å². The van der Waals surface area contributed by atoms with Crippen LogP contribution in [0.3, 0.4) is 0 Å². The SMILES string of the molecule is CN=C(NCCCCc1nc(C)cs1)NCc1ccccc1C.I. The fourth-order valence-corrected chi connectivity index (χ4v) is 3.15. The molecule has 0 amide bonds. The van der Waals surface area contributed by atoms with Gasteiger partial charge < -0.3 is 10.6 Å². The molecule has 2 N–H and O–H groups in total. The predicted octanol–water partition coefficient (Wildman–Crippen LogP) is 4.07. The van der Waals surface area contributed by atoms with Crippen LogP contribution in [0.1, 0.15) is 34.7 Å². The topological polar surface area (TPSA) is 49.3 Å². The van der Waals surface area contributed by atoms with Gasteiger partial charge in [-0.3, -0.25) is 4.99 Å². The zero-order chi connectivity index (χ0) is 16.5. The lowest BCUT2D eigenvalue weighted by Gasteiger charge is -2.13. The number of hydrogen-bond donors (Lipinski definition) is 2. The maximum absolute atomic E-state index is 4.49. The van der Waals surface area contributed by atoms with Crippen molar-refractivity contribution in [2.75, 3.05) is 13.6 Å². The van der Waals surface area contributed by atoms with E-state index in [1.807, 2.05) is 14.0 Å². The third-order valence-electron chi connectivity index (χ3n) is 3.71. The smallest absolute Gasteiger partial charge is 0.191 e. The number of unbranched alkanes of at least 4 members (excludes halogenated alkanes) is 1. The molecule has 0 radical (unpaired) electrons. The molecule has 1 aromatic heterocycles. The third kappa shape index (κ3) is 7.17. The third-order valence-corrected chi connectivity index (χ3v) is 4.73. The Morgan fingerprint density at radius 1 is 1.17 bits per heavy atom. The summed E-state index contributed by atoms with van der Waals surface area (Å²) >= 11 is 1.76. The van der Waals surface area contributed by atoms with Crippen molar-refractivity contribution in [2.24, 2.45) is 4.99 Å². The van der Waals surface area contributed by atoms with E-state index in [9.17, 15) is 0 Å². The summed E-state index contributed by atoms with van der Waals surface area (Å²) in [6, 6.07) is 8.41. The first-order valence-corrected chi connectivity index (χ1v) is 8.97. The summed E-state index contributed by atoms with van der Waals surface area (Å²) in [5.41, 5.74) is 3.73. The summed E-state index contributed by atoms with van der Waals surface area (Å²) < 4.78 is 0. The molecule has 1 heterocycles. The maximum Gasteiger partial charge on any atom is 0.191 e. The van der Waals surface area contributed by atoms with Crippen molar-refractivity contribution >= 4 is 41.3 Å². The lowest BCUT2D eigenvalue weighted by Crippen LogP contribution is -2.37. The molecule has 2 rings (SSSR count). The van der Waals surface area contributed by atoms with Crippen LogP contribution in [0.25, 0.3) is 0 Å². The average molecular weight is 458 g/mol. The van der Waals surface area contributed by atoms with Crippen molar-refractivity contribution in [1.82, 2.24) is 15.6 Å². The molecule has 2 aromatic rings. The number of nitrogens with one attached hydrogen (secondary N) is 2. The number of thiazole rings is 1. The predicted molar refractivity (Wildman–Crippen MR) is 115 cm³/mol. The van der Waals surface area contributed by atoms with Crippen LogP contribution >= 0.6 is 35.3 Å². The highest BCUT2D eigenvalue weighted by Gasteiger charge is 2.01. The standard InChI is InChI=1S/C18H26N4S.HI/c1-14-8-4-5-9-16(14)12-21-18(19-3)20-11-7-6-10-17-22-15(2)13-23-17;/h4-5,8-9,13H,6-7,10-12H2,1-3H3,(H2,19,20,21);1H. The molecule has 1 aromatic carbocycles. The Morgan fingerprint density at radius 2 is 1.96 bits per heavy atom. The van der Waals surface area contributed by atoms with E-state index < -0.39 is 0 Å². The van der Waals surface area contributed by atoms with Gasteiger partial charge in [0.2, 0.25) is 0 Å². The molecule has 0 unspecified atom stereocenters. The van der Waals surface area contributed by atoms with E-state index in [2.05, 4.69) is 57.2 Å². The second-order valence-corrected chi connectivity index (χ2v) is 6.56. The number of benzene rings is 1. The molecule has 24 heavy (non-hydrogen) atoms. The average Bonchev–Trinajstić information content (AvgIpc) is 2.97. The fourth-order valence-electron chi connectivity index (χ4n) is 2.33. The molecule has 4 nitrogen and oxygen atoms in total. The largest absolute Gasteiger partial charge is 0.356 e. The summed E-state index contributed by atoms with van der Waals surface area (Å²) in [4.78, 5) is 8.77. The van der Waals surface area contributed by atoms with Crippen LogP contribution in [0.2, 0.25) is 0 Å². The van der Waals surface area contributed by atoms with Gasteiger partial charge >= 0.3 is 0 Å². The van der Waals surface area contributed by atoms with Crippen LogP contribution in [-0.4, -0.2) is 24.5 Å². The van der Waals surface area contributed by atoms with E-state index in [1.165, 1.54) is 16.1 Å². The van der Waals surface area contributed by atoms with Gasteiger partial charge in [-0.25, -0.2) is 4.98 Å². The molecule has 0 spiro atoms. The van der Waals surface area contributed by atoms with E-state index in [-0.39, 0.29) is 24.0 Å². The van der Waals surface area contributed by atoms with Crippen molar-refractivity contribution in [3.63, 3.8) is 0 Å². The minimum atomic E-state index is 0. The number of halogens is 1. The monoisotopic (exact) mass is 458 g/mol. The lowest BCUT2D eigenvalue weighted by atomic mass is 10.1. The van der Waals surface area contributed by atoms with Gasteiger partial charge in [0.1, 0.15) is 0 Å². The number of nitrogens with zero attached hydrogens (tertiary/aromatic N) is 2. The van der Waals surface area contributed by atoms with Crippen LogP contribution in [0.5, 0.6) is 0 Å². The zero-order valence-corrected chi connectivity index (χ0v) is 17.8. The highest BCUT2D eigenvalue weighted by molar-refractivity contribution is 14.0. The quantitative estimate of drug-likeness (QED) is 0.285. The Kier molecular flexibility index (Phi) is 9.94. The number of aryl methyl sites for hydroxylation is 3. The summed E-state index contributed by atoms with van der Waals surface area (Å²) in [6.45, 7) is 5.90. The highest BCUT2D eigenvalue weighted by Crippen LogP contribution is 2.11. The molecule has 0 aliphatic heterocycles. The molecular formula is C18H27IN4S. The number of aromatic nitrogens is 1. The highest BCUT2D eigenvalue weighted by atomic mass is 127. The number of guanidine groups is 1. The number of hydrogen-bond acceptors (Lipinski definition) is 3. The maximum atomic E-state index is 4.49. The minimum Gasteiger partial charge on any atom is -0.356 e. The number of aliphatic imine (C=N–C) groups is 1. The molecule has 0 saturated carbocycles. The van der Waals surface area contributed by atoms with Gasteiger partial charge in [0, 0.05) is 31.2 Å². The van der Waals surface area contributed by atoms with E-state index in [4.69, 9.17) is 0 Å². The molecule has 0 aliphatic rings. The van der Waals surface area contributed by atoms with Gasteiger partial charge in [0.25, 0.3) is 0 Å². The van der Waals surface area contributed by atoms with Gasteiger partial charge in [-0.05, 0) is 44.2 Å². The van der Waals surface area contributed by atoms with E-state index in [0.717, 1.165) is 44.0 Å². The van der Waals surface area contributed by atoms with Crippen LogP contribution in [0, 0.1) is 13.8 Å². The summed E-state index contributed by atoms with van der Waals surface area (Å²) in [6.07, 6.45) is 3.33. The van der Waals surface area contributed by atoms with Crippen molar-refractivity contribution in [3.05, 3.63) is 51.5 Å². The Balaban J connectivity index is 0.00000288. The second kappa shape index (κ2) is 11.4. The van der Waals surface area contributed by atoms with Gasteiger partial charge in [-0.15, -0.1) is 35.3 Å².